The van der Waals surface area contributed by atoms with Gasteiger partial charge in [-0.25, -0.2) is 4.79 Å². The lowest BCUT2D eigenvalue weighted by atomic mass is 9.31. The first-order valence-corrected chi connectivity index (χ1v) is 15.7. The first kappa shape index (κ1) is 27.0. The van der Waals surface area contributed by atoms with Crippen molar-refractivity contribution in [1.82, 2.24) is 0 Å². The SMILES string of the molecule is CCOC(=O)C=C1C[C@@]2(C)C(CC[C@]3(C)C2CCC2C4[C@H]5OC[C@@]4(CCC5(C)C)CC[C@]23C)C(C)(C)C1=O. The summed E-state index contributed by atoms with van der Waals surface area (Å²) in [6.45, 7) is 20.1. The highest BCUT2D eigenvalue weighted by atomic mass is 16.5. The number of hydrogen-bond donors (Lipinski definition) is 0. The van der Waals surface area contributed by atoms with Crippen LogP contribution in [0.15, 0.2) is 11.6 Å². The van der Waals surface area contributed by atoms with Crippen molar-refractivity contribution < 1.29 is 19.1 Å². The summed E-state index contributed by atoms with van der Waals surface area (Å²) in [5, 5.41) is 0. The first-order valence-electron chi connectivity index (χ1n) is 15.7. The fourth-order valence-electron chi connectivity index (χ4n) is 12.3. The van der Waals surface area contributed by atoms with Crippen LogP contribution in [0.4, 0.5) is 0 Å². The number of rotatable bonds is 2. The molecule has 0 N–H and O–H groups in total. The van der Waals surface area contributed by atoms with Crippen LogP contribution in [0.5, 0.6) is 0 Å². The third-order valence-corrected chi connectivity index (χ3v) is 14.3. The molecule has 4 nitrogen and oxygen atoms in total. The smallest absolute Gasteiger partial charge is 0.331 e. The molecule has 0 radical (unpaired) electrons. The van der Waals surface area contributed by atoms with Gasteiger partial charge in [-0.15, -0.1) is 0 Å². The van der Waals surface area contributed by atoms with Gasteiger partial charge in [0, 0.05) is 17.1 Å². The molecule has 6 fully saturated rings. The maximum absolute atomic E-state index is 13.7. The molecule has 0 amide bonds. The minimum atomic E-state index is -0.457. The Labute approximate surface area is 231 Å². The molecule has 5 aliphatic carbocycles. The van der Waals surface area contributed by atoms with E-state index >= 15 is 0 Å². The molecule has 0 aromatic carbocycles. The maximum atomic E-state index is 13.7. The number of allylic oxidation sites excluding steroid dienone is 1. The number of carbonyl (C=O) groups excluding carboxylic acids is 2. The van der Waals surface area contributed by atoms with Gasteiger partial charge in [-0.2, -0.15) is 0 Å². The zero-order valence-electron chi connectivity index (χ0n) is 25.4. The van der Waals surface area contributed by atoms with Crippen LogP contribution in [0.1, 0.15) is 113 Å². The topological polar surface area (TPSA) is 52.6 Å². The second kappa shape index (κ2) is 8.20. The second-order valence-corrected chi connectivity index (χ2v) is 16.4. The molecule has 1 aliphatic heterocycles. The Kier molecular flexibility index (Phi) is 5.83. The normalized spacial score (nSPS) is 51.4. The summed E-state index contributed by atoms with van der Waals surface area (Å²) in [6.07, 6.45) is 12.8. The minimum Gasteiger partial charge on any atom is -0.463 e. The highest BCUT2D eigenvalue weighted by Crippen LogP contribution is 2.78. The van der Waals surface area contributed by atoms with E-state index in [0.717, 1.165) is 18.9 Å². The number of fused-ring (bicyclic) bond motifs is 5. The van der Waals surface area contributed by atoms with E-state index in [1.54, 1.807) is 0 Å². The molecule has 1 heterocycles. The lowest BCUT2D eigenvalue weighted by Crippen LogP contribution is -2.67. The van der Waals surface area contributed by atoms with Crippen molar-refractivity contribution in [3.63, 3.8) is 0 Å². The van der Waals surface area contributed by atoms with Gasteiger partial charge in [-0.05, 0) is 115 Å². The first-order chi connectivity index (χ1) is 17.7. The van der Waals surface area contributed by atoms with Gasteiger partial charge in [-0.3, -0.25) is 4.79 Å². The monoisotopic (exact) mass is 524 g/mol. The van der Waals surface area contributed by atoms with Crippen molar-refractivity contribution in [2.24, 2.45) is 56.2 Å². The third kappa shape index (κ3) is 3.25. The van der Waals surface area contributed by atoms with E-state index < -0.39 is 5.41 Å². The molecule has 6 rings (SSSR count). The molecule has 4 unspecified atom stereocenters. The van der Waals surface area contributed by atoms with Gasteiger partial charge in [0.15, 0.2) is 5.78 Å². The molecular formula is C34H52O4. The summed E-state index contributed by atoms with van der Waals surface area (Å²) < 4.78 is 12.0. The van der Waals surface area contributed by atoms with Crippen molar-refractivity contribution in [2.45, 2.75) is 119 Å². The van der Waals surface area contributed by atoms with Crippen LogP contribution >= 0.6 is 0 Å². The van der Waals surface area contributed by atoms with Gasteiger partial charge >= 0.3 is 5.97 Å². The molecule has 212 valence electrons. The number of ketones is 1. The molecule has 0 aromatic heterocycles. The van der Waals surface area contributed by atoms with Crippen molar-refractivity contribution in [1.29, 1.82) is 0 Å². The van der Waals surface area contributed by atoms with Crippen LogP contribution in [0.3, 0.4) is 0 Å². The third-order valence-electron chi connectivity index (χ3n) is 14.3. The number of esters is 1. The van der Waals surface area contributed by atoms with E-state index in [-0.39, 0.29) is 33.4 Å². The Morgan fingerprint density at radius 2 is 1.63 bits per heavy atom. The fourth-order valence-corrected chi connectivity index (χ4v) is 12.3. The molecule has 6 aliphatic rings. The predicted octanol–water partition coefficient (Wildman–Crippen LogP) is 7.55. The molecule has 38 heavy (non-hydrogen) atoms. The van der Waals surface area contributed by atoms with Crippen LogP contribution < -0.4 is 0 Å². The highest BCUT2D eigenvalue weighted by Gasteiger charge is 2.73. The molecule has 9 atom stereocenters. The molecule has 4 heteroatoms. The van der Waals surface area contributed by atoms with Gasteiger partial charge in [0.05, 0.1) is 19.3 Å². The number of hydrogen-bond acceptors (Lipinski definition) is 4. The van der Waals surface area contributed by atoms with Crippen LogP contribution in [0.2, 0.25) is 0 Å². The van der Waals surface area contributed by atoms with Gasteiger partial charge in [0.1, 0.15) is 0 Å². The van der Waals surface area contributed by atoms with E-state index in [4.69, 9.17) is 9.47 Å². The average molecular weight is 525 g/mol. The van der Waals surface area contributed by atoms with Gasteiger partial charge in [-0.1, -0.05) is 48.5 Å². The molecule has 1 saturated heterocycles. The van der Waals surface area contributed by atoms with Gasteiger partial charge in [0.2, 0.25) is 0 Å². The summed E-state index contributed by atoms with van der Waals surface area (Å²) in [5.74, 6) is 2.11. The standard InChI is InChI=1S/C34H52O4/c1-9-37-25(35)18-21-19-31(6)23(30(4,5)27(21)36)12-13-33(8)24(31)11-10-22-26-28-29(2,3)14-16-34(26,20-38-28)17-15-32(22,33)7/h18,22-24,26,28H,9-17,19-20H2,1-8H3/t22?,23?,24?,26?,28-,31+,32-,33-,34-/m1/s1. The van der Waals surface area contributed by atoms with Crippen LogP contribution in [-0.4, -0.2) is 31.1 Å². The summed E-state index contributed by atoms with van der Waals surface area (Å²) in [5.41, 5.74) is 1.44. The summed E-state index contributed by atoms with van der Waals surface area (Å²) >= 11 is 0. The van der Waals surface area contributed by atoms with Crippen LogP contribution in [-0.2, 0) is 19.1 Å². The van der Waals surface area contributed by atoms with Crippen molar-refractivity contribution in [3.8, 4) is 0 Å². The Hall–Kier alpha value is -1.16. The Morgan fingerprint density at radius 3 is 2.34 bits per heavy atom. The predicted molar refractivity (Wildman–Crippen MR) is 149 cm³/mol. The Bertz CT molecular complexity index is 1070. The van der Waals surface area contributed by atoms with Gasteiger partial charge in [0.25, 0.3) is 0 Å². The van der Waals surface area contributed by atoms with Crippen molar-refractivity contribution >= 4 is 11.8 Å². The van der Waals surface area contributed by atoms with E-state index in [2.05, 4.69) is 48.5 Å². The largest absolute Gasteiger partial charge is 0.463 e. The molecular weight excluding hydrogens is 472 g/mol. The van der Waals surface area contributed by atoms with E-state index in [0.29, 0.717) is 47.9 Å². The minimum absolute atomic E-state index is 0.00711. The average Bonchev–Trinajstić information content (AvgIpc) is 3.17. The maximum Gasteiger partial charge on any atom is 0.331 e. The van der Waals surface area contributed by atoms with Gasteiger partial charge < -0.3 is 9.47 Å². The Balaban J connectivity index is 1.39. The number of carbonyl (C=O) groups is 2. The summed E-state index contributed by atoms with van der Waals surface area (Å²) in [6, 6.07) is 0. The quantitative estimate of drug-likeness (QED) is 0.276. The fraction of sp³-hybridized carbons (Fsp3) is 0.882. The van der Waals surface area contributed by atoms with E-state index in [1.165, 1.54) is 51.0 Å². The molecule has 2 bridgehead atoms. The second-order valence-electron chi connectivity index (χ2n) is 16.4. The number of ether oxygens (including phenoxy) is 2. The lowest BCUT2D eigenvalue weighted by Gasteiger charge is -2.73. The van der Waals surface area contributed by atoms with Crippen molar-refractivity contribution in [2.75, 3.05) is 13.2 Å². The van der Waals surface area contributed by atoms with E-state index in [9.17, 15) is 9.59 Å². The number of Topliss-reactive ketones (excluding diaryl/α,β-unsaturated/α-hetero) is 1. The van der Waals surface area contributed by atoms with E-state index in [1.807, 2.05) is 6.92 Å². The summed E-state index contributed by atoms with van der Waals surface area (Å²) in [7, 11) is 0. The molecule has 0 aromatic rings. The van der Waals surface area contributed by atoms with Crippen LogP contribution in [0, 0.1) is 56.2 Å². The van der Waals surface area contributed by atoms with Crippen LogP contribution in [0.25, 0.3) is 0 Å². The zero-order chi connectivity index (χ0) is 27.5. The molecule has 0 spiro atoms. The van der Waals surface area contributed by atoms with Crippen molar-refractivity contribution in [3.05, 3.63) is 11.6 Å². The Morgan fingerprint density at radius 1 is 0.921 bits per heavy atom. The summed E-state index contributed by atoms with van der Waals surface area (Å²) in [4.78, 5) is 26.2. The molecule has 5 saturated carbocycles. The zero-order valence-corrected chi connectivity index (χ0v) is 25.4. The lowest BCUT2D eigenvalue weighted by molar-refractivity contribution is -0.236. The highest BCUT2D eigenvalue weighted by molar-refractivity contribution is 6.04.